The lowest BCUT2D eigenvalue weighted by Gasteiger charge is -2.09. The molecule has 0 aliphatic carbocycles. The summed E-state index contributed by atoms with van der Waals surface area (Å²) in [6.07, 6.45) is 1.32. The molecule has 0 bridgehead atoms. The van der Waals surface area contributed by atoms with Crippen LogP contribution in [-0.4, -0.2) is 20.5 Å². The second-order valence-electron chi connectivity index (χ2n) is 4.31. The Hall–Kier alpha value is -2.67. The van der Waals surface area contributed by atoms with E-state index in [1.165, 1.54) is 31.3 Å². The van der Waals surface area contributed by atoms with Crippen molar-refractivity contribution in [1.82, 2.24) is 5.43 Å². The average molecular weight is 318 g/mol. The van der Waals surface area contributed by atoms with E-state index in [4.69, 9.17) is 4.18 Å². The topological polar surface area (TPSA) is 84.8 Å². The summed E-state index contributed by atoms with van der Waals surface area (Å²) in [6.45, 7) is 1.32. The van der Waals surface area contributed by atoms with Crippen LogP contribution >= 0.6 is 0 Å². The standard InChI is InChI=1S/C15H14N2O4S/c1-12(18)17-16-11-13-7-5-6-10-15(13)21-22(19,20)14-8-3-2-4-9-14/h2-11H,1H3,(H,17,18)/b16-11+. The van der Waals surface area contributed by atoms with Crippen molar-refractivity contribution >= 4 is 22.2 Å². The van der Waals surface area contributed by atoms with Gasteiger partial charge in [-0.15, -0.1) is 0 Å². The molecule has 0 atom stereocenters. The molecule has 0 unspecified atom stereocenters. The lowest BCUT2D eigenvalue weighted by atomic mass is 10.2. The van der Waals surface area contributed by atoms with E-state index in [2.05, 4.69) is 10.5 Å². The largest absolute Gasteiger partial charge is 0.378 e. The van der Waals surface area contributed by atoms with Gasteiger partial charge in [-0.3, -0.25) is 4.79 Å². The van der Waals surface area contributed by atoms with Crippen molar-refractivity contribution in [3.63, 3.8) is 0 Å². The molecular weight excluding hydrogens is 304 g/mol. The fourth-order valence-corrected chi connectivity index (χ4v) is 2.58. The van der Waals surface area contributed by atoms with Gasteiger partial charge in [-0.25, -0.2) is 5.43 Å². The number of para-hydroxylation sites is 1. The lowest BCUT2D eigenvalue weighted by molar-refractivity contribution is -0.118. The van der Waals surface area contributed by atoms with Crippen LogP contribution in [0.2, 0.25) is 0 Å². The van der Waals surface area contributed by atoms with Crippen molar-refractivity contribution < 1.29 is 17.4 Å². The number of carbonyl (C=O) groups is 1. The summed E-state index contributed by atoms with van der Waals surface area (Å²) < 4.78 is 29.5. The van der Waals surface area contributed by atoms with Crippen LogP contribution in [0.25, 0.3) is 0 Å². The Morgan fingerprint density at radius 3 is 2.41 bits per heavy atom. The highest BCUT2D eigenvalue weighted by Gasteiger charge is 2.17. The Morgan fingerprint density at radius 1 is 1.09 bits per heavy atom. The van der Waals surface area contributed by atoms with Crippen LogP contribution in [0, 0.1) is 0 Å². The minimum atomic E-state index is -3.93. The number of benzene rings is 2. The third-order valence-corrected chi connectivity index (χ3v) is 3.82. The molecule has 0 spiro atoms. The van der Waals surface area contributed by atoms with Crippen LogP contribution in [0.1, 0.15) is 12.5 Å². The number of amides is 1. The highest BCUT2D eigenvalue weighted by molar-refractivity contribution is 7.87. The Kier molecular flexibility index (Phi) is 4.90. The van der Waals surface area contributed by atoms with Gasteiger partial charge >= 0.3 is 10.1 Å². The minimum absolute atomic E-state index is 0.0589. The maximum Gasteiger partial charge on any atom is 0.339 e. The van der Waals surface area contributed by atoms with Gasteiger partial charge in [-0.1, -0.05) is 30.3 Å². The van der Waals surface area contributed by atoms with Gasteiger partial charge in [-0.05, 0) is 24.3 Å². The molecule has 0 saturated heterocycles. The number of carbonyl (C=O) groups excluding carboxylic acids is 1. The van der Waals surface area contributed by atoms with Crippen molar-refractivity contribution in [3.05, 3.63) is 60.2 Å². The van der Waals surface area contributed by atoms with Crippen molar-refractivity contribution in [3.8, 4) is 5.75 Å². The molecule has 6 nitrogen and oxygen atoms in total. The molecule has 0 aliphatic heterocycles. The number of nitrogens with one attached hydrogen (secondary N) is 1. The lowest BCUT2D eigenvalue weighted by Crippen LogP contribution is -2.13. The molecule has 22 heavy (non-hydrogen) atoms. The normalized spacial score (nSPS) is 11.3. The molecule has 114 valence electrons. The van der Waals surface area contributed by atoms with E-state index in [1.54, 1.807) is 36.4 Å². The molecule has 7 heteroatoms. The van der Waals surface area contributed by atoms with Gasteiger partial charge in [0.1, 0.15) is 4.90 Å². The van der Waals surface area contributed by atoms with E-state index in [0.717, 1.165) is 0 Å². The second-order valence-corrected chi connectivity index (χ2v) is 5.86. The van der Waals surface area contributed by atoms with E-state index < -0.39 is 10.1 Å². The average Bonchev–Trinajstić information content (AvgIpc) is 2.49. The van der Waals surface area contributed by atoms with Gasteiger partial charge in [0.2, 0.25) is 5.91 Å². The van der Waals surface area contributed by atoms with E-state index in [0.29, 0.717) is 5.56 Å². The fraction of sp³-hybridized carbons (Fsp3) is 0.0667. The third kappa shape index (κ3) is 4.16. The first-order valence-corrected chi connectivity index (χ1v) is 7.78. The quantitative estimate of drug-likeness (QED) is 0.518. The van der Waals surface area contributed by atoms with Gasteiger partial charge in [0.25, 0.3) is 0 Å². The summed E-state index contributed by atoms with van der Waals surface area (Å²) in [6, 6.07) is 14.3. The highest BCUT2D eigenvalue weighted by atomic mass is 32.2. The minimum Gasteiger partial charge on any atom is -0.378 e. The van der Waals surface area contributed by atoms with Crippen LogP contribution in [0.3, 0.4) is 0 Å². The van der Waals surface area contributed by atoms with Crippen molar-refractivity contribution in [1.29, 1.82) is 0 Å². The molecule has 0 fully saturated rings. The van der Waals surface area contributed by atoms with Crippen LogP contribution in [0.4, 0.5) is 0 Å². The van der Waals surface area contributed by atoms with Crippen LogP contribution in [0.15, 0.2) is 64.6 Å². The maximum atomic E-state index is 12.2. The van der Waals surface area contributed by atoms with Crippen LogP contribution in [0.5, 0.6) is 5.75 Å². The Balaban J connectivity index is 2.27. The number of hydrogen-bond acceptors (Lipinski definition) is 5. The summed E-state index contributed by atoms with van der Waals surface area (Å²) >= 11 is 0. The zero-order valence-corrected chi connectivity index (χ0v) is 12.6. The molecule has 2 aromatic rings. The van der Waals surface area contributed by atoms with Crippen molar-refractivity contribution in [2.75, 3.05) is 0 Å². The zero-order valence-electron chi connectivity index (χ0n) is 11.8. The summed E-state index contributed by atoms with van der Waals surface area (Å²) in [7, 11) is -3.93. The van der Waals surface area contributed by atoms with Gasteiger partial charge < -0.3 is 4.18 Å². The van der Waals surface area contributed by atoms with Gasteiger partial charge in [0, 0.05) is 12.5 Å². The van der Waals surface area contributed by atoms with E-state index in [9.17, 15) is 13.2 Å². The summed E-state index contributed by atoms with van der Waals surface area (Å²) in [5.41, 5.74) is 2.67. The molecule has 2 aromatic carbocycles. The Morgan fingerprint density at radius 2 is 1.73 bits per heavy atom. The monoisotopic (exact) mass is 318 g/mol. The third-order valence-electron chi connectivity index (χ3n) is 2.58. The first kappa shape index (κ1) is 15.7. The summed E-state index contributed by atoms with van der Waals surface area (Å²) in [5.74, 6) is -0.202. The molecule has 2 rings (SSSR count). The van der Waals surface area contributed by atoms with Gasteiger partial charge in [0.05, 0.1) is 6.21 Å². The Bertz CT molecular complexity index is 786. The van der Waals surface area contributed by atoms with E-state index >= 15 is 0 Å². The zero-order chi connectivity index (χ0) is 16.0. The first-order chi connectivity index (χ1) is 10.5. The number of nitrogens with zero attached hydrogens (tertiary/aromatic N) is 1. The predicted octanol–water partition coefficient (Wildman–Crippen LogP) is 1.92. The molecule has 1 N–H and O–H groups in total. The van der Waals surface area contributed by atoms with Gasteiger partial charge in [-0.2, -0.15) is 13.5 Å². The number of rotatable bonds is 5. The number of hydrogen-bond donors (Lipinski definition) is 1. The van der Waals surface area contributed by atoms with Crippen LogP contribution < -0.4 is 9.61 Å². The molecule has 1 amide bonds. The Labute approximate surface area is 128 Å². The molecular formula is C15H14N2O4S. The van der Waals surface area contributed by atoms with E-state index in [1.807, 2.05) is 0 Å². The molecule has 0 aliphatic rings. The van der Waals surface area contributed by atoms with Gasteiger partial charge in [0.15, 0.2) is 5.75 Å². The fourth-order valence-electron chi connectivity index (χ4n) is 1.61. The molecule has 0 heterocycles. The molecule has 0 saturated carbocycles. The SMILES string of the molecule is CC(=O)N/N=C/c1ccccc1OS(=O)(=O)c1ccccc1. The predicted molar refractivity (Wildman–Crippen MR) is 82.1 cm³/mol. The number of hydrazone groups is 1. The second kappa shape index (κ2) is 6.86. The first-order valence-electron chi connectivity index (χ1n) is 6.37. The smallest absolute Gasteiger partial charge is 0.339 e. The van der Waals surface area contributed by atoms with E-state index in [-0.39, 0.29) is 16.6 Å². The maximum absolute atomic E-state index is 12.2. The molecule has 0 radical (unpaired) electrons. The van der Waals surface area contributed by atoms with Crippen molar-refractivity contribution in [2.24, 2.45) is 5.10 Å². The highest BCUT2D eigenvalue weighted by Crippen LogP contribution is 2.21. The van der Waals surface area contributed by atoms with Crippen molar-refractivity contribution in [2.45, 2.75) is 11.8 Å². The summed E-state index contributed by atoms with van der Waals surface area (Å²) in [4.78, 5) is 10.8. The summed E-state index contributed by atoms with van der Waals surface area (Å²) in [5, 5.41) is 3.71. The van der Waals surface area contributed by atoms with Crippen LogP contribution in [-0.2, 0) is 14.9 Å². The molecule has 0 aromatic heterocycles.